The Bertz CT molecular complexity index is 212. The summed E-state index contributed by atoms with van der Waals surface area (Å²) in [5, 5.41) is 0. The minimum Gasteiger partial charge on any atom is -0.342 e. The second-order valence-corrected chi connectivity index (χ2v) is 4.79. The minimum atomic E-state index is 0.266. The van der Waals surface area contributed by atoms with Crippen LogP contribution in [0.2, 0.25) is 0 Å². The van der Waals surface area contributed by atoms with Crippen molar-refractivity contribution in [3.05, 3.63) is 0 Å². The van der Waals surface area contributed by atoms with Gasteiger partial charge in [-0.2, -0.15) is 0 Å². The fourth-order valence-corrected chi connectivity index (χ4v) is 2.10. The van der Waals surface area contributed by atoms with Gasteiger partial charge in [-0.05, 0) is 33.1 Å². The van der Waals surface area contributed by atoms with Crippen molar-refractivity contribution in [2.24, 2.45) is 5.73 Å². The van der Waals surface area contributed by atoms with E-state index in [0.29, 0.717) is 19.1 Å². The molecule has 1 rings (SSSR count). The van der Waals surface area contributed by atoms with Gasteiger partial charge in [-0.25, -0.2) is 0 Å². The Balaban J connectivity index is 2.40. The lowest BCUT2D eigenvalue weighted by Crippen LogP contribution is -2.46. The molecule has 0 saturated carbocycles. The first-order chi connectivity index (χ1) is 7.65. The monoisotopic (exact) mass is 227 g/mol. The third kappa shape index (κ3) is 4.10. The smallest absolute Gasteiger partial charge is 0.236 e. The first-order valence-electron chi connectivity index (χ1n) is 6.37. The normalized spacial score (nSPS) is 17.2. The summed E-state index contributed by atoms with van der Waals surface area (Å²) >= 11 is 0. The molecule has 0 spiro atoms. The predicted molar refractivity (Wildman–Crippen MR) is 66.2 cm³/mol. The molecule has 1 amide bonds. The molecule has 94 valence electrons. The second kappa shape index (κ2) is 6.86. The molecule has 0 aromatic heterocycles. The van der Waals surface area contributed by atoms with Gasteiger partial charge in [0.1, 0.15) is 0 Å². The van der Waals surface area contributed by atoms with Crippen LogP contribution in [-0.2, 0) is 4.79 Å². The van der Waals surface area contributed by atoms with Gasteiger partial charge in [0.2, 0.25) is 5.91 Å². The van der Waals surface area contributed by atoms with E-state index in [1.54, 1.807) is 0 Å². The summed E-state index contributed by atoms with van der Waals surface area (Å²) in [6.07, 6.45) is 3.58. The molecule has 1 aliphatic heterocycles. The third-order valence-electron chi connectivity index (χ3n) is 3.19. The first kappa shape index (κ1) is 13.5. The SMILES string of the molecule is CC(C)N(CCN)CC(=O)N1CCCCC1. The van der Waals surface area contributed by atoms with E-state index in [4.69, 9.17) is 5.73 Å². The van der Waals surface area contributed by atoms with Crippen molar-refractivity contribution in [1.82, 2.24) is 9.80 Å². The van der Waals surface area contributed by atoms with Crippen LogP contribution >= 0.6 is 0 Å². The van der Waals surface area contributed by atoms with Crippen molar-refractivity contribution in [3.63, 3.8) is 0 Å². The van der Waals surface area contributed by atoms with Crippen LogP contribution in [0.1, 0.15) is 33.1 Å². The van der Waals surface area contributed by atoms with E-state index in [1.807, 2.05) is 4.90 Å². The summed E-state index contributed by atoms with van der Waals surface area (Å²) in [6, 6.07) is 0.386. The molecule has 0 aromatic rings. The van der Waals surface area contributed by atoms with Gasteiger partial charge >= 0.3 is 0 Å². The summed E-state index contributed by atoms with van der Waals surface area (Å²) < 4.78 is 0. The van der Waals surface area contributed by atoms with Gasteiger partial charge in [-0.1, -0.05) is 0 Å². The van der Waals surface area contributed by atoms with Crippen LogP contribution in [0.25, 0.3) is 0 Å². The average molecular weight is 227 g/mol. The van der Waals surface area contributed by atoms with Crippen LogP contribution in [0.4, 0.5) is 0 Å². The highest BCUT2D eigenvalue weighted by Gasteiger charge is 2.20. The van der Waals surface area contributed by atoms with Crippen molar-refractivity contribution in [1.29, 1.82) is 0 Å². The van der Waals surface area contributed by atoms with E-state index in [-0.39, 0.29) is 5.91 Å². The van der Waals surface area contributed by atoms with Gasteiger partial charge in [-0.15, -0.1) is 0 Å². The predicted octanol–water partition coefficient (Wildman–Crippen LogP) is 0.668. The average Bonchev–Trinajstić information content (AvgIpc) is 2.29. The number of piperidine rings is 1. The van der Waals surface area contributed by atoms with Crippen LogP contribution in [-0.4, -0.2) is 54.5 Å². The second-order valence-electron chi connectivity index (χ2n) is 4.79. The van der Waals surface area contributed by atoms with E-state index in [1.165, 1.54) is 6.42 Å². The summed E-state index contributed by atoms with van der Waals surface area (Å²) in [7, 11) is 0. The highest BCUT2D eigenvalue weighted by Crippen LogP contribution is 2.09. The molecule has 1 heterocycles. The van der Waals surface area contributed by atoms with Crippen molar-refractivity contribution in [2.75, 3.05) is 32.7 Å². The van der Waals surface area contributed by atoms with Crippen LogP contribution in [0.5, 0.6) is 0 Å². The molecule has 0 atom stereocenters. The van der Waals surface area contributed by atoms with E-state index >= 15 is 0 Å². The highest BCUT2D eigenvalue weighted by molar-refractivity contribution is 5.78. The summed E-state index contributed by atoms with van der Waals surface area (Å²) in [5.41, 5.74) is 5.55. The van der Waals surface area contributed by atoms with E-state index in [2.05, 4.69) is 18.7 Å². The van der Waals surface area contributed by atoms with E-state index < -0.39 is 0 Å². The Morgan fingerprint density at radius 1 is 1.31 bits per heavy atom. The molecule has 1 aliphatic rings. The number of hydrogen-bond donors (Lipinski definition) is 1. The van der Waals surface area contributed by atoms with Gasteiger partial charge in [0, 0.05) is 32.2 Å². The van der Waals surface area contributed by atoms with Gasteiger partial charge in [0.25, 0.3) is 0 Å². The topological polar surface area (TPSA) is 49.6 Å². The standard InChI is InChI=1S/C12H25N3O/c1-11(2)15(9-6-13)10-12(16)14-7-4-3-5-8-14/h11H,3-10,13H2,1-2H3. The largest absolute Gasteiger partial charge is 0.342 e. The Morgan fingerprint density at radius 3 is 2.44 bits per heavy atom. The Kier molecular flexibility index (Phi) is 5.77. The lowest BCUT2D eigenvalue weighted by atomic mass is 10.1. The number of carbonyl (C=O) groups excluding carboxylic acids is 1. The maximum atomic E-state index is 12.0. The zero-order valence-electron chi connectivity index (χ0n) is 10.6. The molecular weight excluding hydrogens is 202 g/mol. The van der Waals surface area contributed by atoms with Crippen molar-refractivity contribution in [3.8, 4) is 0 Å². The maximum Gasteiger partial charge on any atom is 0.236 e. The number of amides is 1. The Labute approximate surface area is 98.8 Å². The maximum absolute atomic E-state index is 12.0. The zero-order chi connectivity index (χ0) is 12.0. The lowest BCUT2D eigenvalue weighted by molar-refractivity contribution is -0.133. The summed E-state index contributed by atoms with van der Waals surface area (Å²) in [6.45, 7) is 8.04. The molecule has 4 heteroatoms. The number of nitrogens with zero attached hydrogens (tertiary/aromatic N) is 2. The number of likely N-dealkylation sites (tertiary alicyclic amines) is 1. The Hall–Kier alpha value is -0.610. The lowest BCUT2D eigenvalue weighted by Gasteiger charge is -2.31. The van der Waals surface area contributed by atoms with Crippen LogP contribution in [0, 0.1) is 0 Å². The van der Waals surface area contributed by atoms with Gasteiger partial charge in [-0.3, -0.25) is 9.69 Å². The van der Waals surface area contributed by atoms with Gasteiger partial charge in [0.05, 0.1) is 6.54 Å². The molecule has 1 fully saturated rings. The molecule has 0 unspecified atom stereocenters. The van der Waals surface area contributed by atoms with E-state index in [9.17, 15) is 4.79 Å². The number of carbonyl (C=O) groups is 1. The molecule has 0 aliphatic carbocycles. The number of nitrogens with two attached hydrogens (primary N) is 1. The highest BCUT2D eigenvalue weighted by atomic mass is 16.2. The van der Waals surface area contributed by atoms with Crippen molar-refractivity contribution >= 4 is 5.91 Å². The molecule has 1 saturated heterocycles. The minimum absolute atomic E-state index is 0.266. The fraction of sp³-hybridized carbons (Fsp3) is 0.917. The summed E-state index contributed by atoms with van der Waals surface area (Å²) in [5.74, 6) is 0.266. The van der Waals surface area contributed by atoms with Crippen LogP contribution < -0.4 is 5.73 Å². The quantitative estimate of drug-likeness (QED) is 0.751. The van der Waals surface area contributed by atoms with Crippen LogP contribution in [0.3, 0.4) is 0 Å². The summed E-state index contributed by atoms with van der Waals surface area (Å²) in [4.78, 5) is 16.2. The molecule has 4 nitrogen and oxygen atoms in total. The molecular formula is C12H25N3O. The van der Waals surface area contributed by atoms with Gasteiger partial charge in [0.15, 0.2) is 0 Å². The zero-order valence-corrected chi connectivity index (χ0v) is 10.6. The third-order valence-corrected chi connectivity index (χ3v) is 3.19. The molecule has 16 heavy (non-hydrogen) atoms. The number of rotatable bonds is 5. The molecule has 0 bridgehead atoms. The molecule has 0 aromatic carbocycles. The van der Waals surface area contributed by atoms with Crippen molar-refractivity contribution in [2.45, 2.75) is 39.2 Å². The van der Waals surface area contributed by atoms with Crippen molar-refractivity contribution < 1.29 is 4.79 Å². The molecule has 0 radical (unpaired) electrons. The Morgan fingerprint density at radius 2 is 1.94 bits per heavy atom. The first-order valence-corrected chi connectivity index (χ1v) is 6.37. The van der Waals surface area contributed by atoms with Crippen LogP contribution in [0.15, 0.2) is 0 Å². The van der Waals surface area contributed by atoms with Gasteiger partial charge < -0.3 is 10.6 Å². The molecule has 2 N–H and O–H groups in total. The van der Waals surface area contributed by atoms with E-state index in [0.717, 1.165) is 32.5 Å². The fourth-order valence-electron chi connectivity index (χ4n) is 2.10. The number of hydrogen-bond acceptors (Lipinski definition) is 3.